The SMILES string of the molecule is C[C@@H]1OC(Oc2c(-c3ccccc3)oc3ccccc3c2=O)[C@H](O)[C@H](O)[C@H]1O. The van der Waals surface area contributed by atoms with Crippen molar-refractivity contribution in [3.8, 4) is 17.1 Å². The molecule has 1 saturated heterocycles. The van der Waals surface area contributed by atoms with E-state index in [0.29, 0.717) is 16.5 Å². The van der Waals surface area contributed by atoms with Crippen LogP contribution < -0.4 is 10.2 Å². The molecule has 2 aromatic carbocycles. The molecule has 3 aromatic rings. The predicted molar refractivity (Wildman–Crippen MR) is 101 cm³/mol. The molecule has 0 saturated carbocycles. The first-order chi connectivity index (χ1) is 13.5. The lowest BCUT2D eigenvalue weighted by Gasteiger charge is -2.38. The Bertz CT molecular complexity index is 1030. The van der Waals surface area contributed by atoms with Gasteiger partial charge in [0.2, 0.25) is 17.5 Å². The van der Waals surface area contributed by atoms with Crippen molar-refractivity contribution in [1.29, 1.82) is 0 Å². The third-order valence-corrected chi connectivity index (χ3v) is 4.83. The van der Waals surface area contributed by atoms with E-state index >= 15 is 0 Å². The minimum Gasteiger partial charge on any atom is -0.454 e. The quantitative estimate of drug-likeness (QED) is 0.630. The van der Waals surface area contributed by atoms with Gasteiger partial charge < -0.3 is 29.2 Å². The number of rotatable bonds is 3. The van der Waals surface area contributed by atoms with Crippen LogP contribution in [0.4, 0.5) is 0 Å². The van der Waals surface area contributed by atoms with E-state index in [1.165, 1.54) is 6.92 Å². The van der Waals surface area contributed by atoms with E-state index in [1.807, 2.05) is 6.07 Å². The molecule has 0 radical (unpaired) electrons. The smallest absolute Gasteiger partial charge is 0.235 e. The van der Waals surface area contributed by atoms with Crippen molar-refractivity contribution in [2.75, 3.05) is 0 Å². The van der Waals surface area contributed by atoms with Crippen molar-refractivity contribution < 1.29 is 29.2 Å². The van der Waals surface area contributed by atoms with E-state index < -0.39 is 36.1 Å². The van der Waals surface area contributed by atoms with Crippen LogP contribution in [0.2, 0.25) is 0 Å². The lowest BCUT2D eigenvalue weighted by atomic mass is 10.00. The molecule has 1 aromatic heterocycles. The molecular weight excluding hydrogens is 364 g/mol. The fourth-order valence-electron chi connectivity index (χ4n) is 3.24. The molecule has 5 atom stereocenters. The predicted octanol–water partition coefficient (Wildman–Crippen LogP) is 1.67. The van der Waals surface area contributed by atoms with Crippen LogP contribution in [0.1, 0.15) is 6.92 Å². The lowest BCUT2D eigenvalue weighted by Crippen LogP contribution is -2.58. The van der Waals surface area contributed by atoms with Gasteiger partial charge >= 0.3 is 0 Å². The number of hydrogen-bond donors (Lipinski definition) is 3. The molecule has 1 unspecified atom stereocenters. The number of benzene rings is 2. The van der Waals surface area contributed by atoms with Crippen LogP contribution in [0.15, 0.2) is 63.8 Å². The number of aliphatic hydroxyl groups excluding tert-OH is 3. The van der Waals surface area contributed by atoms with Gasteiger partial charge in [-0.2, -0.15) is 0 Å². The molecular formula is C21H20O7. The van der Waals surface area contributed by atoms with Crippen LogP contribution in [-0.4, -0.2) is 46.0 Å². The molecule has 146 valence electrons. The molecule has 0 amide bonds. The third-order valence-electron chi connectivity index (χ3n) is 4.83. The van der Waals surface area contributed by atoms with Gasteiger partial charge in [0.15, 0.2) is 5.76 Å². The van der Waals surface area contributed by atoms with Crippen LogP contribution in [0.3, 0.4) is 0 Å². The second kappa shape index (κ2) is 7.37. The first-order valence-electron chi connectivity index (χ1n) is 8.95. The van der Waals surface area contributed by atoms with Crippen LogP contribution >= 0.6 is 0 Å². The maximum absolute atomic E-state index is 13.1. The minimum absolute atomic E-state index is 0.135. The van der Waals surface area contributed by atoms with E-state index in [9.17, 15) is 20.1 Å². The highest BCUT2D eigenvalue weighted by Crippen LogP contribution is 2.33. The molecule has 2 heterocycles. The van der Waals surface area contributed by atoms with Crippen LogP contribution in [0.25, 0.3) is 22.3 Å². The second-order valence-electron chi connectivity index (χ2n) is 6.75. The molecule has 7 nitrogen and oxygen atoms in total. The van der Waals surface area contributed by atoms with E-state index in [0.717, 1.165) is 0 Å². The average molecular weight is 384 g/mol. The average Bonchev–Trinajstić information content (AvgIpc) is 2.72. The highest BCUT2D eigenvalue weighted by Gasteiger charge is 2.43. The van der Waals surface area contributed by atoms with Crippen molar-refractivity contribution in [3.05, 3.63) is 64.8 Å². The summed E-state index contributed by atoms with van der Waals surface area (Å²) in [6, 6.07) is 15.7. The van der Waals surface area contributed by atoms with E-state index in [4.69, 9.17) is 13.9 Å². The Balaban J connectivity index is 1.83. The number of ether oxygens (including phenoxy) is 2. The molecule has 0 bridgehead atoms. The molecule has 7 heteroatoms. The van der Waals surface area contributed by atoms with Crippen molar-refractivity contribution in [2.24, 2.45) is 0 Å². The molecule has 1 fully saturated rings. The zero-order valence-electron chi connectivity index (χ0n) is 15.1. The highest BCUT2D eigenvalue weighted by molar-refractivity contribution is 5.81. The molecule has 1 aliphatic heterocycles. The number of fused-ring (bicyclic) bond motifs is 1. The van der Waals surface area contributed by atoms with Crippen molar-refractivity contribution >= 4 is 11.0 Å². The summed E-state index contributed by atoms with van der Waals surface area (Å²) < 4.78 is 17.1. The molecule has 1 aliphatic rings. The van der Waals surface area contributed by atoms with Gasteiger partial charge in [-0.3, -0.25) is 4.79 Å². The van der Waals surface area contributed by atoms with Crippen LogP contribution in [-0.2, 0) is 4.74 Å². The lowest BCUT2D eigenvalue weighted by molar-refractivity contribution is -0.268. The summed E-state index contributed by atoms with van der Waals surface area (Å²) in [4.78, 5) is 13.1. The number of aliphatic hydroxyl groups is 3. The summed E-state index contributed by atoms with van der Waals surface area (Å²) in [6.45, 7) is 1.54. The fourth-order valence-corrected chi connectivity index (χ4v) is 3.24. The molecule has 0 spiro atoms. The minimum atomic E-state index is -1.54. The van der Waals surface area contributed by atoms with E-state index in [2.05, 4.69) is 0 Å². The normalized spacial score (nSPS) is 27.6. The van der Waals surface area contributed by atoms with Crippen molar-refractivity contribution in [2.45, 2.75) is 37.6 Å². The summed E-state index contributed by atoms with van der Waals surface area (Å²) in [5, 5.41) is 30.5. The van der Waals surface area contributed by atoms with Gasteiger partial charge in [0.25, 0.3) is 0 Å². The number of hydrogen-bond acceptors (Lipinski definition) is 7. The van der Waals surface area contributed by atoms with Gasteiger partial charge in [-0.25, -0.2) is 0 Å². The third kappa shape index (κ3) is 3.18. The molecule has 3 N–H and O–H groups in total. The molecule has 28 heavy (non-hydrogen) atoms. The zero-order valence-corrected chi connectivity index (χ0v) is 15.1. The maximum atomic E-state index is 13.1. The molecule has 0 aliphatic carbocycles. The summed E-state index contributed by atoms with van der Waals surface area (Å²) in [5.74, 6) is 0.0538. The van der Waals surface area contributed by atoms with Crippen molar-refractivity contribution in [3.63, 3.8) is 0 Å². The molecule has 4 rings (SSSR count). The first kappa shape index (κ1) is 18.6. The Labute approximate surface area is 160 Å². The fraction of sp³-hybridized carbons (Fsp3) is 0.286. The monoisotopic (exact) mass is 384 g/mol. The van der Waals surface area contributed by atoms with Crippen molar-refractivity contribution in [1.82, 2.24) is 0 Å². The standard InChI is InChI=1S/C21H20O7/c1-11-15(22)17(24)18(25)21(26-11)28-20-16(23)13-9-5-6-10-14(13)27-19(20)12-7-3-2-4-8-12/h2-11,15,17-18,21-22,24-25H,1H3/t11-,15-,17+,18+,21?/m0/s1. The summed E-state index contributed by atoms with van der Waals surface area (Å²) in [7, 11) is 0. The summed E-state index contributed by atoms with van der Waals surface area (Å²) in [6.07, 6.45) is -6.42. The Hall–Kier alpha value is -2.71. The van der Waals surface area contributed by atoms with Gasteiger partial charge in [0.05, 0.1) is 11.5 Å². The zero-order chi connectivity index (χ0) is 19.8. The Morgan fingerprint density at radius 1 is 0.893 bits per heavy atom. The first-order valence-corrected chi connectivity index (χ1v) is 8.95. The van der Waals surface area contributed by atoms with Crippen LogP contribution in [0.5, 0.6) is 5.75 Å². The topological polar surface area (TPSA) is 109 Å². The van der Waals surface area contributed by atoms with Gasteiger partial charge in [-0.05, 0) is 19.1 Å². The van der Waals surface area contributed by atoms with Crippen LogP contribution in [0, 0.1) is 0 Å². The van der Waals surface area contributed by atoms with Gasteiger partial charge in [0.1, 0.15) is 23.9 Å². The Morgan fingerprint density at radius 2 is 1.57 bits per heavy atom. The summed E-state index contributed by atoms with van der Waals surface area (Å²) >= 11 is 0. The maximum Gasteiger partial charge on any atom is 0.235 e. The second-order valence-corrected chi connectivity index (χ2v) is 6.75. The Morgan fingerprint density at radius 3 is 2.32 bits per heavy atom. The highest BCUT2D eigenvalue weighted by atomic mass is 16.7. The van der Waals surface area contributed by atoms with Gasteiger partial charge in [-0.15, -0.1) is 0 Å². The summed E-state index contributed by atoms with van der Waals surface area (Å²) in [5.41, 5.74) is 0.580. The van der Waals surface area contributed by atoms with E-state index in [-0.39, 0.29) is 11.5 Å². The number of para-hydroxylation sites is 1. The largest absolute Gasteiger partial charge is 0.454 e. The van der Waals surface area contributed by atoms with Gasteiger partial charge in [-0.1, -0.05) is 42.5 Å². The van der Waals surface area contributed by atoms with E-state index in [1.54, 1.807) is 48.5 Å². The Kier molecular flexibility index (Phi) is 4.91. The van der Waals surface area contributed by atoms with Gasteiger partial charge in [0, 0.05) is 5.56 Å².